The Morgan fingerprint density at radius 1 is 1.00 bits per heavy atom. The monoisotopic (exact) mass is 402 g/mol. The van der Waals surface area contributed by atoms with E-state index in [-0.39, 0.29) is 17.7 Å². The summed E-state index contributed by atoms with van der Waals surface area (Å²) in [6.07, 6.45) is 2.67. The average Bonchev–Trinajstić information content (AvgIpc) is 3.25. The molecule has 3 aromatic rings. The first kappa shape index (κ1) is 18.4. The van der Waals surface area contributed by atoms with Crippen LogP contribution in [0.2, 0.25) is 0 Å². The van der Waals surface area contributed by atoms with Crippen molar-refractivity contribution >= 4 is 11.7 Å². The molecule has 5 rings (SSSR count). The third-order valence-corrected chi connectivity index (χ3v) is 5.86. The van der Waals surface area contributed by atoms with Gasteiger partial charge in [-0.2, -0.15) is 10.1 Å². The number of carbonyl (C=O) groups is 1. The summed E-state index contributed by atoms with van der Waals surface area (Å²) in [5.74, 6) is 2.17. The van der Waals surface area contributed by atoms with Gasteiger partial charge in [0.1, 0.15) is 12.4 Å². The van der Waals surface area contributed by atoms with Gasteiger partial charge in [-0.1, -0.05) is 36.4 Å². The quantitative estimate of drug-likeness (QED) is 0.717. The number of ketones is 1. The molecule has 7 heteroatoms. The number of nitrogens with one attached hydrogen (secondary N) is 1. The molecule has 2 heterocycles. The van der Waals surface area contributed by atoms with E-state index in [0.717, 1.165) is 22.4 Å². The van der Waals surface area contributed by atoms with Crippen molar-refractivity contribution in [2.24, 2.45) is 0 Å². The molecule has 0 saturated carbocycles. The van der Waals surface area contributed by atoms with E-state index >= 15 is 0 Å². The summed E-state index contributed by atoms with van der Waals surface area (Å²) >= 11 is 0. The molecule has 0 amide bonds. The normalized spacial score (nSPS) is 20.3. The largest absolute Gasteiger partial charge is 0.493 e. The van der Waals surface area contributed by atoms with Crippen LogP contribution in [0.1, 0.15) is 35.9 Å². The molecule has 30 heavy (non-hydrogen) atoms. The van der Waals surface area contributed by atoms with Gasteiger partial charge >= 0.3 is 0 Å². The van der Waals surface area contributed by atoms with Gasteiger partial charge in [0, 0.05) is 17.7 Å². The van der Waals surface area contributed by atoms with Crippen molar-refractivity contribution in [1.82, 2.24) is 14.8 Å². The van der Waals surface area contributed by atoms with Crippen molar-refractivity contribution in [1.29, 1.82) is 0 Å². The number of Topliss-reactive ketones (excluding diaryl/α,β-unsaturated/α-hetero) is 1. The Bertz CT molecular complexity index is 1140. The molecule has 0 fully saturated rings. The molecule has 1 aliphatic heterocycles. The molecular formula is C23H22N4O3. The topological polar surface area (TPSA) is 78.3 Å². The lowest BCUT2D eigenvalue weighted by molar-refractivity contribution is -0.116. The second-order valence-corrected chi connectivity index (χ2v) is 7.50. The number of fused-ring (bicyclic) bond motifs is 1. The van der Waals surface area contributed by atoms with Crippen LogP contribution in [0.25, 0.3) is 0 Å². The number of methoxy groups -OCH3 is 2. The smallest absolute Gasteiger partial charge is 0.226 e. The molecular weight excluding hydrogens is 380 g/mol. The van der Waals surface area contributed by atoms with Crippen LogP contribution >= 0.6 is 0 Å². The van der Waals surface area contributed by atoms with Crippen LogP contribution in [0.3, 0.4) is 0 Å². The summed E-state index contributed by atoms with van der Waals surface area (Å²) in [6, 6.07) is 15.6. The maximum absolute atomic E-state index is 13.4. The molecule has 7 nitrogen and oxygen atoms in total. The Hall–Kier alpha value is -3.61. The van der Waals surface area contributed by atoms with Crippen LogP contribution in [0.5, 0.6) is 11.5 Å². The minimum Gasteiger partial charge on any atom is -0.493 e. The number of aromatic nitrogens is 3. The number of hydrogen-bond acceptors (Lipinski definition) is 6. The second-order valence-electron chi connectivity index (χ2n) is 7.50. The van der Waals surface area contributed by atoms with Crippen molar-refractivity contribution in [3.63, 3.8) is 0 Å². The Kier molecular flexibility index (Phi) is 4.50. The summed E-state index contributed by atoms with van der Waals surface area (Å²) in [5, 5.41) is 7.74. The third kappa shape index (κ3) is 2.94. The molecule has 2 unspecified atom stereocenters. The first-order valence-electron chi connectivity index (χ1n) is 9.89. The van der Waals surface area contributed by atoms with Gasteiger partial charge < -0.3 is 14.8 Å². The van der Waals surface area contributed by atoms with E-state index in [1.165, 1.54) is 6.33 Å². The predicted octanol–water partition coefficient (Wildman–Crippen LogP) is 3.71. The van der Waals surface area contributed by atoms with Crippen LogP contribution in [0, 0.1) is 0 Å². The van der Waals surface area contributed by atoms with Crippen LogP contribution in [0.4, 0.5) is 5.95 Å². The van der Waals surface area contributed by atoms with Gasteiger partial charge in [-0.05, 0) is 35.6 Å². The van der Waals surface area contributed by atoms with E-state index in [1.807, 2.05) is 48.5 Å². The second kappa shape index (κ2) is 7.33. The van der Waals surface area contributed by atoms with E-state index in [0.29, 0.717) is 30.3 Å². The van der Waals surface area contributed by atoms with E-state index in [1.54, 1.807) is 18.9 Å². The van der Waals surface area contributed by atoms with Gasteiger partial charge in [0.25, 0.3) is 0 Å². The number of rotatable bonds is 4. The van der Waals surface area contributed by atoms with Crippen molar-refractivity contribution in [3.05, 3.63) is 77.3 Å². The highest BCUT2D eigenvalue weighted by atomic mass is 16.5. The maximum Gasteiger partial charge on any atom is 0.226 e. The lowest BCUT2D eigenvalue weighted by Gasteiger charge is -2.35. The molecule has 0 spiro atoms. The Morgan fingerprint density at radius 2 is 1.80 bits per heavy atom. The fourth-order valence-electron chi connectivity index (χ4n) is 4.44. The van der Waals surface area contributed by atoms with Gasteiger partial charge in [-0.3, -0.25) is 4.79 Å². The van der Waals surface area contributed by atoms with Gasteiger partial charge in [-0.25, -0.2) is 4.68 Å². The zero-order valence-electron chi connectivity index (χ0n) is 16.8. The zero-order valence-corrected chi connectivity index (χ0v) is 16.8. The number of anilines is 1. The summed E-state index contributed by atoms with van der Waals surface area (Å²) in [7, 11) is 3.23. The molecule has 152 valence electrons. The van der Waals surface area contributed by atoms with Crippen molar-refractivity contribution < 1.29 is 14.3 Å². The SMILES string of the molecule is COc1ccc(C2CC(=O)C3=C(C2)Nc2ncnn2C3c2ccccc2)cc1OC. The van der Waals surface area contributed by atoms with Gasteiger partial charge in [0.15, 0.2) is 17.3 Å². The average molecular weight is 402 g/mol. The Morgan fingerprint density at radius 3 is 2.57 bits per heavy atom. The first-order valence-corrected chi connectivity index (χ1v) is 9.89. The van der Waals surface area contributed by atoms with Gasteiger partial charge in [0.2, 0.25) is 5.95 Å². The minimum absolute atomic E-state index is 0.0504. The van der Waals surface area contributed by atoms with Crippen LogP contribution in [-0.2, 0) is 4.79 Å². The maximum atomic E-state index is 13.4. The molecule has 1 aliphatic carbocycles. The van der Waals surface area contributed by atoms with Crippen molar-refractivity contribution in [3.8, 4) is 11.5 Å². The summed E-state index contributed by atoms with van der Waals surface area (Å²) in [4.78, 5) is 17.7. The van der Waals surface area contributed by atoms with Crippen molar-refractivity contribution in [2.45, 2.75) is 24.8 Å². The van der Waals surface area contributed by atoms with Crippen LogP contribution < -0.4 is 14.8 Å². The standard InChI is InChI=1S/C23H22N4O3/c1-29-19-9-8-15(12-20(19)30-2)16-10-17-21(18(28)11-16)22(14-6-4-3-5-7-14)27-23(26-17)24-13-25-27/h3-9,12-13,16,22H,10-11H2,1-2H3,(H,24,25,26). The molecule has 1 aromatic heterocycles. The molecule has 2 atom stereocenters. The van der Waals surface area contributed by atoms with E-state index in [4.69, 9.17) is 9.47 Å². The lowest BCUT2D eigenvalue weighted by atomic mass is 9.78. The van der Waals surface area contributed by atoms with Gasteiger partial charge in [-0.15, -0.1) is 0 Å². The Balaban J connectivity index is 1.55. The highest BCUT2D eigenvalue weighted by Crippen LogP contribution is 2.44. The molecule has 0 radical (unpaired) electrons. The number of carbonyl (C=O) groups excluding carboxylic acids is 1. The van der Waals surface area contributed by atoms with E-state index in [2.05, 4.69) is 15.4 Å². The number of hydrogen-bond donors (Lipinski definition) is 1. The summed E-state index contributed by atoms with van der Waals surface area (Å²) in [6.45, 7) is 0. The first-order chi connectivity index (χ1) is 14.7. The minimum atomic E-state index is -0.265. The summed E-state index contributed by atoms with van der Waals surface area (Å²) < 4.78 is 12.6. The van der Waals surface area contributed by atoms with E-state index in [9.17, 15) is 4.79 Å². The fourth-order valence-corrected chi connectivity index (χ4v) is 4.44. The van der Waals surface area contributed by atoms with Crippen LogP contribution in [0.15, 0.2) is 66.1 Å². The van der Waals surface area contributed by atoms with Crippen LogP contribution in [-0.4, -0.2) is 34.8 Å². The Labute approximate surface area is 174 Å². The predicted molar refractivity (Wildman–Crippen MR) is 112 cm³/mol. The third-order valence-electron chi connectivity index (χ3n) is 5.86. The number of ether oxygens (including phenoxy) is 2. The van der Waals surface area contributed by atoms with Gasteiger partial charge in [0.05, 0.1) is 14.2 Å². The molecule has 1 N–H and O–H groups in total. The lowest BCUT2D eigenvalue weighted by Crippen LogP contribution is -2.33. The molecule has 0 bridgehead atoms. The fraction of sp³-hybridized carbons (Fsp3) is 0.261. The van der Waals surface area contributed by atoms with E-state index < -0.39 is 0 Å². The highest BCUT2D eigenvalue weighted by molar-refractivity contribution is 6.00. The van der Waals surface area contributed by atoms with Crippen molar-refractivity contribution in [2.75, 3.05) is 19.5 Å². The zero-order chi connectivity index (χ0) is 20.7. The molecule has 2 aliphatic rings. The molecule has 0 saturated heterocycles. The highest BCUT2D eigenvalue weighted by Gasteiger charge is 2.39. The molecule has 2 aromatic carbocycles. The number of nitrogens with zero attached hydrogens (tertiary/aromatic N) is 3. The number of allylic oxidation sites excluding steroid dienone is 2. The summed E-state index contributed by atoms with van der Waals surface area (Å²) in [5.41, 5.74) is 3.77. The number of benzene rings is 2.